The lowest BCUT2D eigenvalue weighted by Gasteiger charge is -2.08. The van der Waals surface area contributed by atoms with E-state index < -0.39 is 6.09 Å². The fourth-order valence-electron chi connectivity index (χ4n) is 2.36. The predicted octanol–water partition coefficient (Wildman–Crippen LogP) is 3.16. The Kier molecular flexibility index (Phi) is 8.86. The van der Waals surface area contributed by atoms with Crippen LogP contribution in [0.4, 0.5) is 4.79 Å². The van der Waals surface area contributed by atoms with Gasteiger partial charge in [-0.15, -0.1) is 0 Å². The van der Waals surface area contributed by atoms with Gasteiger partial charge in [0.15, 0.2) is 0 Å². The first-order valence-electron chi connectivity index (χ1n) is 9.04. The van der Waals surface area contributed by atoms with Gasteiger partial charge < -0.3 is 20.1 Å². The minimum absolute atomic E-state index is 0.123. The van der Waals surface area contributed by atoms with Crippen molar-refractivity contribution in [2.24, 2.45) is 0 Å². The molecule has 0 atom stereocenters. The summed E-state index contributed by atoms with van der Waals surface area (Å²) in [5, 5.41) is 5.34. The van der Waals surface area contributed by atoms with E-state index in [-0.39, 0.29) is 18.9 Å². The minimum Gasteiger partial charge on any atom is -0.450 e. The van der Waals surface area contributed by atoms with Crippen LogP contribution in [-0.4, -0.2) is 25.2 Å². The Labute approximate surface area is 159 Å². The number of nitrogens with one attached hydrogen (secondary N) is 2. The molecular formula is C21H26N2O4. The molecular weight excluding hydrogens is 344 g/mol. The van der Waals surface area contributed by atoms with E-state index in [4.69, 9.17) is 9.47 Å². The fraction of sp³-hybridized carbons (Fsp3) is 0.333. The molecule has 2 rings (SSSR count). The Morgan fingerprint density at radius 2 is 1.48 bits per heavy atom. The number of ether oxygens (including phenoxy) is 2. The molecule has 6 nitrogen and oxygen atoms in total. The van der Waals surface area contributed by atoms with Crippen molar-refractivity contribution in [2.75, 3.05) is 13.2 Å². The van der Waals surface area contributed by atoms with E-state index in [1.807, 2.05) is 54.6 Å². The summed E-state index contributed by atoms with van der Waals surface area (Å²) in [6, 6.07) is 18.0. The monoisotopic (exact) mass is 370 g/mol. The summed E-state index contributed by atoms with van der Waals surface area (Å²) in [7, 11) is 0. The van der Waals surface area contributed by atoms with Crippen LogP contribution in [0.2, 0.25) is 0 Å². The molecule has 0 saturated carbocycles. The lowest BCUT2D eigenvalue weighted by molar-refractivity contribution is -0.121. The third-order valence-corrected chi connectivity index (χ3v) is 3.79. The summed E-state index contributed by atoms with van der Waals surface area (Å²) in [6.45, 7) is 3.86. The van der Waals surface area contributed by atoms with Gasteiger partial charge in [-0.25, -0.2) is 4.79 Å². The van der Waals surface area contributed by atoms with Crippen molar-refractivity contribution in [1.29, 1.82) is 0 Å². The topological polar surface area (TPSA) is 76.7 Å². The summed E-state index contributed by atoms with van der Waals surface area (Å²) in [6.07, 6.45) is -0.292. The highest BCUT2D eigenvalue weighted by Crippen LogP contribution is 2.08. The molecule has 0 fully saturated rings. The van der Waals surface area contributed by atoms with Crippen LogP contribution >= 0.6 is 0 Å². The molecule has 2 aromatic carbocycles. The van der Waals surface area contributed by atoms with Crippen molar-refractivity contribution in [3.63, 3.8) is 0 Å². The molecule has 0 spiro atoms. The van der Waals surface area contributed by atoms with Gasteiger partial charge in [0, 0.05) is 19.5 Å². The summed E-state index contributed by atoms with van der Waals surface area (Å²) in [5.41, 5.74) is 3.24. The first-order chi connectivity index (χ1) is 13.2. The van der Waals surface area contributed by atoms with Crippen LogP contribution in [0.15, 0.2) is 54.6 Å². The molecule has 27 heavy (non-hydrogen) atoms. The van der Waals surface area contributed by atoms with E-state index >= 15 is 0 Å². The first kappa shape index (κ1) is 20.5. The third-order valence-electron chi connectivity index (χ3n) is 3.79. The normalized spacial score (nSPS) is 10.3. The van der Waals surface area contributed by atoms with Crippen molar-refractivity contribution in [2.45, 2.75) is 33.1 Å². The maximum absolute atomic E-state index is 11.8. The van der Waals surface area contributed by atoms with E-state index in [1.165, 1.54) is 0 Å². The van der Waals surface area contributed by atoms with E-state index in [9.17, 15) is 9.59 Å². The second-order valence-electron chi connectivity index (χ2n) is 5.97. The van der Waals surface area contributed by atoms with Crippen molar-refractivity contribution >= 4 is 12.0 Å². The van der Waals surface area contributed by atoms with Crippen molar-refractivity contribution in [3.05, 3.63) is 71.3 Å². The molecule has 2 amide bonds. The first-order valence-corrected chi connectivity index (χ1v) is 9.04. The van der Waals surface area contributed by atoms with Crippen LogP contribution in [0.5, 0.6) is 0 Å². The number of rotatable bonds is 10. The second kappa shape index (κ2) is 11.7. The Balaban J connectivity index is 1.63. The minimum atomic E-state index is -0.504. The van der Waals surface area contributed by atoms with E-state index in [0.29, 0.717) is 26.4 Å². The van der Waals surface area contributed by atoms with Crippen molar-refractivity contribution in [1.82, 2.24) is 10.6 Å². The van der Waals surface area contributed by atoms with Gasteiger partial charge in [0.05, 0.1) is 19.8 Å². The quantitative estimate of drug-likeness (QED) is 0.674. The Bertz CT molecular complexity index is 702. The van der Waals surface area contributed by atoms with E-state index in [2.05, 4.69) is 10.6 Å². The van der Waals surface area contributed by atoms with Crippen molar-refractivity contribution < 1.29 is 19.1 Å². The second-order valence-corrected chi connectivity index (χ2v) is 5.97. The molecule has 6 heteroatoms. The molecule has 144 valence electrons. The highest BCUT2D eigenvalue weighted by Gasteiger charge is 2.04. The molecule has 0 aliphatic heterocycles. The molecule has 0 saturated heterocycles. The maximum atomic E-state index is 11.8. The highest BCUT2D eigenvalue weighted by molar-refractivity contribution is 5.76. The Morgan fingerprint density at radius 3 is 2.15 bits per heavy atom. The van der Waals surface area contributed by atoms with Gasteiger partial charge in [0.25, 0.3) is 0 Å². The number of alkyl carbamates (subject to hydrolysis) is 1. The average molecular weight is 370 g/mol. The number of hydrogen-bond donors (Lipinski definition) is 2. The maximum Gasteiger partial charge on any atom is 0.407 e. The average Bonchev–Trinajstić information content (AvgIpc) is 2.68. The zero-order valence-electron chi connectivity index (χ0n) is 15.6. The smallest absolute Gasteiger partial charge is 0.407 e. The third kappa shape index (κ3) is 8.37. The van der Waals surface area contributed by atoms with Gasteiger partial charge in [-0.1, -0.05) is 54.6 Å². The van der Waals surface area contributed by atoms with Gasteiger partial charge in [-0.3, -0.25) is 4.79 Å². The summed E-state index contributed by atoms with van der Waals surface area (Å²) in [4.78, 5) is 22.9. The largest absolute Gasteiger partial charge is 0.450 e. The number of carbonyl (C=O) groups is 2. The number of amides is 2. The molecule has 0 aromatic heterocycles. The standard InChI is InChI=1S/C21H26N2O4/c1-2-27-21(25)22-13-12-20(24)23-14-17-8-10-19(11-9-17)16-26-15-18-6-4-3-5-7-18/h3-11H,2,12-16H2,1H3,(H,22,25)(H,23,24). The van der Waals surface area contributed by atoms with Crippen LogP contribution in [-0.2, 0) is 34.0 Å². The molecule has 0 unspecified atom stereocenters. The van der Waals surface area contributed by atoms with Crippen LogP contribution in [0.25, 0.3) is 0 Å². The van der Waals surface area contributed by atoms with Gasteiger partial charge in [0.2, 0.25) is 5.91 Å². The molecule has 0 bridgehead atoms. The molecule has 0 radical (unpaired) electrons. The van der Waals surface area contributed by atoms with Crippen LogP contribution in [0.3, 0.4) is 0 Å². The molecule has 2 N–H and O–H groups in total. The summed E-state index contributed by atoms with van der Waals surface area (Å²) in [5.74, 6) is -0.123. The molecule has 2 aromatic rings. The molecule has 0 aliphatic rings. The highest BCUT2D eigenvalue weighted by atomic mass is 16.5. The summed E-state index contributed by atoms with van der Waals surface area (Å²) >= 11 is 0. The van der Waals surface area contributed by atoms with Gasteiger partial charge in [-0.2, -0.15) is 0 Å². The summed E-state index contributed by atoms with van der Waals surface area (Å²) < 4.78 is 10.4. The van der Waals surface area contributed by atoms with E-state index in [1.54, 1.807) is 6.92 Å². The number of carbonyl (C=O) groups excluding carboxylic acids is 2. The van der Waals surface area contributed by atoms with E-state index in [0.717, 1.165) is 16.7 Å². The Morgan fingerprint density at radius 1 is 0.852 bits per heavy atom. The lowest BCUT2D eigenvalue weighted by atomic mass is 10.1. The Hall–Kier alpha value is -2.86. The van der Waals surface area contributed by atoms with Crippen molar-refractivity contribution in [3.8, 4) is 0 Å². The van der Waals surface area contributed by atoms with Crippen LogP contribution in [0.1, 0.15) is 30.0 Å². The van der Waals surface area contributed by atoms with Gasteiger partial charge >= 0.3 is 6.09 Å². The molecule has 0 aliphatic carbocycles. The number of benzene rings is 2. The lowest BCUT2D eigenvalue weighted by Crippen LogP contribution is -2.30. The van der Waals surface area contributed by atoms with Gasteiger partial charge in [0.1, 0.15) is 0 Å². The van der Waals surface area contributed by atoms with Gasteiger partial charge in [-0.05, 0) is 23.6 Å². The zero-order chi connectivity index (χ0) is 19.3. The zero-order valence-corrected chi connectivity index (χ0v) is 15.6. The van der Waals surface area contributed by atoms with Crippen LogP contribution < -0.4 is 10.6 Å². The number of hydrogen-bond acceptors (Lipinski definition) is 4. The van der Waals surface area contributed by atoms with Crippen LogP contribution in [0, 0.1) is 0 Å². The fourth-order valence-corrected chi connectivity index (χ4v) is 2.36. The molecule has 0 heterocycles. The SMILES string of the molecule is CCOC(=O)NCCC(=O)NCc1ccc(COCc2ccccc2)cc1. The predicted molar refractivity (Wildman–Crippen MR) is 103 cm³/mol.